The first-order valence-corrected chi connectivity index (χ1v) is 6.68. The lowest BCUT2D eigenvalue weighted by molar-refractivity contribution is 0.170. The SMILES string of the molecule is CCn1ccn(CCC2CCCCN2C)c1=O. The molecule has 1 aromatic rings. The van der Waals surface area contributed by atoms with Crippen LogP contribution in [-0.4, -0.2) is 33.7 Å². The molecule has 1 fully saturated rings. The van der Waals surface area contributed by atoms with E-state index in [1.807, 2.05) is 23.9 Å². The van der Waals surface area contributed by atoms with Crippen molar-refractivity contribution in [3.05, 3.63) is 22.9 Å². The summed E-state index contributed by atoms with van der Waals surface area (Å²) in [7, 11) is 2.20. The maximum absolute atomic E-state index is 11.9. The van der Waals surface area contributed by atoms with Gasteiger partial charge in [-0.05, 0) is 39.8 Å². The van der Waals surface area contributed by atoms with Crippen LogP contribution in [0.3, 0.4) is 0 Å². The number of aryl methyl sites for hydroxylation is 2. The van der Waals surface area contributed by atoms with Crippen LogP contribution in [-0.2, 0) is 13.1 Å². The normalized spacial score (nSPS) is 21.9. The molecule has 17 heavy (non-hydrogen) atoms. The van der Waals surface area contributed by atoms with Gasteiger partial charge in [-0.15, -0.1) is 0 Å². The summed E-state index contributed by atoms with van der Waals surface area (Å²) in [5.74, 6) is 0. The number of nitrogens with zero attached hydrogens (tertiary/aromatic N) is 3. The zero-order valence-corrected chi connectivity index (χ0v) is 10.9. The van der Waals surface area contributed by atoms with Crippen molar-refractivity contribution >= 4 is 0 Å². The maximum Gasteiger partial charge on any atom is 0.328 e. The predicted molar refractivity (Wildman–Crippen MR) is 69.3 cm³/mol. The number of piperidine rings is 1. The lowest BCUT2D eigenvalue weighted by atomic mass is 10.0. The van der Waals surface area contributed by atoms with Gasteiger partial charge >= 0.3 is 5.69 Å². The van der Waals surface area contributed by atoms with Crippen molar-refractivity contribution in [3.63, 3.8) is 0 Å². The van der Waals surface area contributed by atoms with Crippen LogP contribution in [0.4, 0.5) is 0 Å². The fourth-order valence-electron chi connectivity index (χ4n) is 2.66. The Morgan fingerprint density at radius 1 is 1.29 bits per heavy atom. The van der Waals surface area contributed by atoms with Crippen molar-refractivity contribution in [2.45, 2.75) is 51.7 Å². The Bertz CT molecular complexity index is 407. The topological polar surface area (TPSA) is 30.2 Å². The molecule has 1 aliphatic rings. The third-order valence-corrected chi connectivity index (χ3v) is 3.88. The Balaban J connectivity index is 1.92. The number of likely N-dealkylation sites (tertiary alicyclic amines) is 1. The summed E-state index contributed by atoms with van der Waals surface area (Å²) < 4.78 is 3.59. The van der Waals surface area contributed by atoms with Crippen LogP contribution in [0.15, 0.2) is 17.2 Å². The van der Waals surface area contributed by atoms with Gasteiger partial charge in [-0.1, -0.05) is 6.42 Å². The van der Waals surface area contributed by atoms with Crippen molar-refractivity contribution in [1.82, 2.24) is 14.0 Å². The standard InChI is InChI=1S/C13H23N3O/c1-3-15-10-11-16(13(15)17)9-7-12-6-4-5-8-14(12)2/h10-12H,3-9H2,1-2H3. The van der Waals surface area contributed by atoms with E-state index in [0.29, 0.717) is 6.04 Å². The van der Waals surface area contributed by atoms with Crippen molar-refractivity contribution < 1.29 is 0 Å². The zero-order chi connectivity index (χ0) is 12.3. The van der Waals surface area contributed by atoms with Crippen molar-refractivity contribution in [2.24, 2.45) is 0 Å². The Kier molecular flexibility index (Phi) is 4.05. The molecule has 0 N–H and O–H groups in total. The minimum atomic E-state index is 0.131. The van der Waals surface area contributed by atoms with Crippen molar-refractivity contribution in [2.75, 3.05) is 13.6 Å². The zero-order valence-electron chi connectivity index (χ0n) is 10.9. The quantitative estimate of drug-likeness (QED) is 0.795. The van der Waals surface area contributed by atoms with Crippen LogP contribution in [0.1, 0.15) is 32.6 Å². The summed E-state index contributed by atoms with van der Waals surface area (Å²) in [5, 5.41) is 0. The van der Waals surface area contributed by atoms with Crippen LogP contribution in [0, 0.1) is 0 Å². The summed E-state index contributed by atoms with van der Waals surface area (Å²) in [4.78, 5) is 14.3. The number of aromatic nitrogens is 2. The van der Waals surface area contributed by atoms with Gasteiger partial charge in [0.25, 0.3) is 0 Å². The van der Waals surface area contributed by atoms with E-state index in [4.69, 9.17) is 0 Å². The highest BCUT2D eigenvalue weighted by Gasteiger charge is 2.18. The summed E-state index contributed by atoms with van der Waals surface area (Å²) in [6.45, 7) is 4.81. The van der Waals surface area contributed by atoms with Crippen molar-refractivity contribution in [3.8, 4) is 0 Å². The van der Waals surface area contributed by atoms with Gasteiger partial charge < -0.3 is 4.90 Å². The summed E-state index contributed by atoms with van der Waals surface area (Å²) in [5.41, 5.74) is 0.131. The first-order chi connectivity index (χ1) is 8.22. The molecule has 4 heteroatoms. The van der Waals surface area contributed by atoms with Gasteiger partial charge in [0.05, 0.1) is 0 Å². The van der Waals surface area contributed by atoms with Gasteiger partial charge in [0.1, 0.15) is 0 Å². The average Bonchev–Trinajstić information content (AvgIpc) is 2.69. The minimum absolute atomic E-state index is 0.131. The average molecular weight is 237 g/mol. The third-order valence-electron chi connectivity index (χ3n) is 3.88. The highest BCUT2D eigenvalue weighted by molar-refractivity contribution is 4.82. The second-order valence-electron chi connectivity index (χ2n) is 4.98. The number of rotatable bonds is 4. The van der Waals surface area contributed by atoms with Gasteiger partial charge in [0.2, 0.25) is 0 Å². The smallest absolute Gasteiger partial charge is 0.303 e. The summed E-state index contributed by atoms with van der Waals surface area (Å²) >= 11 is 0. The van der Waals surface area contributed by atoms with E-state index < -0.39 is 0 Å². The molecular weight excluding hydrogens is 214 g/mol. The largest absolute Gasteiger partial charge is 0.328 e. The van der Waals surface area contributed by atoms with E-state index in [-0.39, 0.29) is 5.69 Å². The first-order valence-electron chi connectivity index (χ1n) is 6.68. The molecule has 2 rings (SSSR count). The number of hydrogen-bond donors (Lipinski definition) is 0. The number of imidazole rings is 1. The molecule has 2 heterocycles. The number of hydrogen-bond acceptors (Lipinski definition) is 2. The molecule has 4 nitrogen and oxygen atoms in total. The Morgan fingerprint density at radius 2 is 2.06 bits per heavy atom. The van der Waals surface area contributed by atoms with Gasteiger partial charge in [0, 0.05) is 31.5 Å². The molecule has 0 radical (unpaired) electrons. The van der Waals surface area contributed by atoms with Gasteiger partial charge in [-0.25, -0.2) is 4.79 Å². The fraction of sp³-hybridized carbons (Fsp3) is 0.769. The third kappa shape index (κ3) is 2.80. The second kappa shape index (κ2) is 5.54. The van der Waals surface area contributed by atoms with Gasteiger partial charge in [-0.3, -0.25) is 9.13 Å². The van der Waals surface area contributed by atoms with Crippen LogP contribution in [0.25, 0.3) is 0 Å². The monoisotopic (exact) mass is 237 g/mol. The van der Waals surface area contributed by atoms with E-state index in [9.17, 15) is 4.79 Å². The predicted octanol–water partition coefficient (Wildman–Crippen LogP) is 1.54. The molecule has 0 saturated carbocycles. The molecule has 1 aromatic heterocycles. The van der Waals surface area contributed by atoms with Crippen molar-refractivity contribution in [1.29, 1.82) is 0 Å². The Hall–Kier alpha value is -1.03. The van der Waals surface area contributed by atoms with Crippen LogP contribution in [0.5, 0.6) is 0 Å². The molecule has 0 amide bonds. The highest BCUT2D eigenvalue weighted by atomic mass is 16.1. The maximum atomic E-state index is 11.9. The molecule has 0 aromatic carbocycles. The summed E-state index contributed by atoms with van der Waals surface area (Å²) in [6.07, 6.45) is 8.81. The second-order valence-corrected chi connectivity index (χ2v) is 4.98. The molecule has 96 valence electrons. The molecule has 1 atom stereocenters. The molecule has 1 unspecified atom stereocenters. The molecule has 0 bridgehead atoms. The van der Waals surface area contributed by atoms with Gasteiger partial charge in [-0.2, -0.15) is 0 Å². The van der Waals surface area contributed by atoms with E-state index in [2.05, 4.69) is 11.9 Å². The van der Waals surface area contributed by atoms with Crippen LogP contribution < -0.4 is 5.69 Å². The van der Waals surface area contributed by atoms with Crippen LogP contribution in [0.2, 0.25) is 0 Å². The fourth-order valence-corrected chi connectivity index (χ4v) is 2.66. The first kappa shape index (κ1) is 12.4. The van der Waals surface area contributed by atoms with E-state index in [1.165, 1.54) is 25.8 Å². The molecule has 0 spiro atoms. The molecule has 0 aliphatic carbocycles. The Labute approximate surface area is 103 Å². The molecule has 1 saturated heterocycles. The van der Waals surface area contributed by atoms with Gasteiger partial charge in [0.15, 0.2) is 0 Å². The van der Waals surface area contributed by atoms with E-state index >= 15 is 0 Å². The summed E-state index contributed by atoms with van der Waals surface area (Å²) in [6, 6.07) is 0.653. The Morgan fingerprint density at radius 3 is 2.71 bits per heavy atom. The minimum Gasteiger partial charge on any atom is -0.303 e. The van der Waals surface area contributed by atoms with E-state index in [1.54, 1.807) is 4.57 Å². The molecule has 1 aliphatic heterocycles. The lowest BCUT2D eigenvalue weighted by Crippen LogP contribution is -2.37. The van der Waals surface area contributed by atoms with Crippen LogP contribution >= 0.6 is 0 Å². The highest BCUT2D eigenvalue weighted by Crippen LogP contribution is 2.17. The van der Waals surface area contributed by atoms with E-state index in [0.717, 1.165) is 19.5 Å². The molecular formula is C13H23N3O. The lowest BCUT2D eigenvalue weighted by Gasteiger charge is -2.32.